The van der Waals surface area contributed by atoms with E-state index in [1.54, 1.807) is 7.11 Å². The van der Waals surface area contributed by atoms with Crippen LogP contribution < -0.4 is 9.64 Å². The fourth-order valence-electron chi connectivity index (χ4n) is 2.24. The molecule has 1 saturated heterocycles. The van der Waals surface area contributed by atoms with Gasteiger partial charge in [0.25, 0.3) is 0 Å². The minimum absolute atomic E-state index is 0. The number of halogens is 2. The summed E-state index contributed by atoms with van der Waals surface area (Å²) in [6.45, 7) is 4.99. The van der Waals surface area contributed by atoms with E-state index in [1.807, 2.05) is 18.2 Å². The van der Waals surface area contributed by atoms with Crippen molar-refractivity contribution in [3.05, 3.63) is 24.3 Å². The predicted octanol–water partition coefficient (Wildman–Crippen LogP) is 1.65. The third-order valence-corrected chi connectivity index (χ3v) is 3.21. The van der Waals surface area contributed by atoms with Gasteiger partial charge in [-0.15, -0.1) is 24.8 Å². The van der Waals surface area contributed by atoms with Crippen molar-refractivity contribution in [2.24, 2.45) is 0 Å². The summed E-state index contributed by atoms with van der Waals surface area (Å²) in [5, 5.41) is 8.91. The highest BCUT2D eigenvalue weighted by atomic mass is 35.5. The molecule has 0 saturated carbocycles. The molecule has 19 heavy (non-hydrogen) atoms. The van der Waals surface area contributed by atoms with Gasteiger partial charge in [-0.2, -0.15) is 0 Å². The number of nitrogens with zero attached hydrogens (tertiary/aromatic N) is 2. The lowest BCUT2D eigenvalue weighted by atomic mass is 10.2. The summed E-state index contributed by atoms with van der Waals surface area (Å²) in [4.78, 5) is 4.62. The summed E-state index contributed by atoms with van der Waals surface area (Å²) >= 11 is 0. The van der Waals surface area contributed by atoms with Gasteiger partial charge in [0.1, 0.15) is 5.75 Å². The van der Waals surface area contributed by atoms with Gasteiger partial charge in [-0.3, -0.25) is 4.90 Å². The first kappa shape index (κ1) is 18.3. The topological polar surface area (TPSA) is 35.9 Å². The van der Waals surface area contributed by atoms with Gasteiger partial charge in [-0.1, -0.05) is 12.1 Å². The maximum atomic E-state index is 8.91. The monoisotopic (exact) mass is 308 g/mol. The minimum atomic E-state index is 0. The van der Waals surface area contributed by atoms with Crippen molar-refractivity contribution in [2.75, 3.05) is 51.3 Å². The summed E-state index contributed by atoms with van der Waals surface area (Å²) < 4.78 is 5.38. The average Bonchev–Trinajstić information content (AvgIpc) is 2.40. The Morgan fingerprint density at radius 3 is 2.32 bits per heavy atom. The van der Waals surface area contributed by atoms with Crippen LogP contribution in [0.3, 0.4) is 0 Å². The molecule has 0 amide bonds. The predicted molar refractivity (Wildman–Crippen MR) is 83.2 cm³/mol. The van der Waals surface area contributed by atoms with Gasteiger partial charge in [0.2, 0.25) is 0 Å². The number of para-hydroxylation sites is 2. The maximum Gasteiger partial charge on any atom is 0.142 e. The van der Waals surface area contributed by atoms with E-state index in [-0.39, 0.29) is 31.4 Å². The Morgan fingerprint density at radius 2 is 1.74 bits per heavy atom. The third kappa shape index (κ3) is 4.73. The van der Waals surface area contributed by atoms with Crippen molar-refractivity contribution in [3.63, 3.8) is 0 Å². The van der Waals surface area contributed by atoms with Gasteiger partial charge in [0.15, 0.2) is 0 Å². The minimum Gasteiger partial charge on any atom is -0.495 e. The average molecular weight is 309 g/mol. The quantitative estimate of drug-likeness (QED) is 0.917. The van der Waals surface area contributed by atoms with Crippen LogP contribution in [0.25, 0.3) is 0 Å². The molecule has 0 bridgehead atoms. The van der Waals surface area contributed by atoms with Gasteiger partial charge < -0.3 is 14.7 Å². The van der Waals surface area contributed by atoms with E-state index < -0.39 is 0 Å². The van der Waals surface area contributed by atoms with Crippen LogP contribution in [-0.4, -0.2) is 56.4 Å². The van der Waals surface area contributed by atoms with E-state index in [9.17, 15) is 0 Å². The van der Waals surface area contributed by atoms with Crippen LogP contribution in [0, 0.1) is 0 Å². The van der Waals surface area contributed by atoms with E-state index in [1.165, 1.54) is 5.69 Å². The Balaban J connectivity index is 0.00000162. The smallest absolute Gasteiger partial charge is 0.142 e. The number of rotatable bonds is 4. The molecule has 1 aromatic rings. The molecule has 0 aliphatic carbocycles. The molecule has 1 fully saturated rings. The van der Waals surface area contributed by atoms with Crippen LogP contribution in [0.1, 0.15) is 0 Å². The first-order valence-corrected chi connectivity index (χ1v) is 6.06. The Hall–Kier alpha value is -0.680. The number of hydrogen-bond donors (Lipinski definition) is 1. The number of β-amino-alcohol motifs (C(OH)–C–C–N with tert-alkyl or cyclic N) is 1. The van der Waals surface area contributed by atoms with Crippen LogP contribution in [-0.2, 0) is 0 Å². The number of aliphatic hydroxyl groups excluding tert-OH is 1. The number of anilines is 1. The highest BCUT2D eigenvalue weighted by Crippen LogP contribution is 2.28. The Labute approximate surface area is 127 Å². The normalized spacial score (nSPS) is 15.4. The molecule has 1 aliphatic heterocycles. The Kier molecular flexibility index (Phi) is 8.93. The lowest BCUT2D eigenvalue weighted by molar-refractivity contribution is 0.188. The molecule has 4 nitrogen and oxygen atoms in total. The standard InChI is InChI=1S/C13H20N2O2.2ClH/c1-17-13-5-3-2-4-12(13)15-8-6-14(7-9-15)10-11-16;;/h2-5,16H,6-11H2,1H3;2*1H. The van der Waals surface area contributed by atoms with Gasteiger partial charge >= 0.3 is 0 Å². The van der Waals surface area contributed by atoms with Gasteiger partial charge in [-0.05, 0) is 12.1 Å². The lowest BCUT2D eigenvalue weighted by Crippen LogP contribution is -2.47. The molecule has 0 unspecified atom stereocenters. The van der Waals surface area contributed by atoms with Crippen LogP contribution >= 0.6 is 24.8 Å². The number of methoxy groups -OCH3 is 1. The Bertz CT molecular complexity index is 358. The molecule has 2 rings (SSSR count). The summed E-state index contributed by atoms with van der Waals surface area (Å²) in [6, 6.07) is 8.12. The van der Waals surface area contributed by atoms with E-state index in [0.29, 0.717) is 0 Å². The molecule has 0 aromatic heterocycles. The molecule has 6 heteroatoms. The second-order valence-electron chi connectivity index (χ2n) is 4.22. The van der Waals surface area contributed by atoms with Gasteiger partial charge in [0.05, 0.1) is 19.4 Å². The zero-order valence-corrected chi connectivity index (χ0v) is 12.8. The molecule has 1 heterocycles. The number of aliphatic hydroxyl groups is 1. The van der Waals surface area contributed by atoms with E-state index in [0.717, 1.165) is 38.5 Å². The summed E-state index contributed by atoms with van der Waals surface area (Å²) in [5.41, 5.74) is 1.17. The zero-order chi connectivity index (χ0) is 12.1. The second kappa shape index (κ2) is 9.26. The first-order valence-electron chi connectivity index (χ1n) is 6.06. The summed E-state index contributed by atoms with van der Waals surface area (Å²) in [7, 11) is 1.71. The van der Waals surface area contributed by atoms with Crippen LogP contribution in [0.15, 0.2) is 24.3 Å². The molecule has 0 atom stereocenters. The van der Waals surface area contributed by atoms with Crippen LogP contribution in [0.5, 0.6) is 5.75 Å². The molecule has 1 N–H and O–H groups in total. The molecule has 1 aliphatic rings. The van der Waals surface area contributed by atoms with E-state index in [2.05, 4.69) is 15.9 Å². The largest absolute Gasteiger partial charge is 0.495 e. The third-order valence-electron chi connectivity index (χ3n) is 3.21. The number of piperazine rings is 1. The van der Waals surface area contributed by atoms with Crippen molar-refractivity contribution in [2.45, 2.75) is 0 Å². The summed E-state index contributed by atoms with van der Waals surface area (Å²) in [6.07, 6.45) is 0. The van der Waals surface area contributed by atoms with Gasteiger partial charge in [0, 0.05) is 32.7 Å². The maximum absolute atomic E-state index is 8.91. The second-order valence-corrected chi connectivity index (χ2v) is 4.22. The number of benzene rings is 1. The van der Waals surface area contributed by atoms with Gasteiger partial charge in [-0.25, -0.2) is 0 Å². The first-order chi connectivity index (χ1) is 8.35. The Morgan fingerprint density at radius 1 is 1.11 bits per heavy atom. The molecule has 1 aromatic carbocycles. The van der Waals surface area contributed by atoms with E-state index in [4.69, 9.17) is 9.84 Å². The lowest BCUT2D eigenvalue weighted by Gasteiger charge is -2.36. The van der Waals surface area contributed by atoms with Crippen molar-refractivity contribution in [3.8, 4) is 5.75 Å². The highest BCUT2D eigenvalue weighted by Gasteiger charge is 2.18. The molecular formula is C13H22Cl2N2O2. The van der Waals surface area contributed by atoms with Crippen molar-refractivity contribution >= 4 is 30.5 Å². The molecule has 110 valence electrons. The fourth-order valence-corrected chi connectivity index (χ4v) is 2.24. The fraction of sp³-hybridized carbons (Fsp3) is 0.538. The highest BCUT2D eigenvalue weighted by molar-refractivity contribution is 5.85. The SMILES string of the molecule is COc1ccccc1N1CCN(CCO)CC1.Cl.Cl. The van der Waals surface area contributed by atoms with Crippen molar-refractivity contribution in [1.29, 1.82) is 0 Å². The zero-order valence-electron chi connectivity index (χ0n) is 11.1. The molecule has 0 spiro atoms. The summed E-state index contributed by atoms with van der Waals surface area (Å²) in [5.74, 6) is 0.933. The van der Waals surface area contributed by atoms with Crippen LogP contribution in [0.2, 0.25) is 0 Å². The van der Waals surface area contributed by atoms with Crippen molar-refractivity contribution < 1.29 is 9.84 Å². The number of hydrogen-bond acceptors (Lipinski definition) is 4. The molecular weight excluding hydrogens is 287 g/mol. The van der Waals surface area contributed by atoms with E-state index >= 15 is 0 Å². The van der Waals surface area contributed by atoms with Crippen LogP contribution in [0.4, 0.5) is 5.69 Å². The number of ether oxygens (including phenoxy) is 1. The molecule has 0 radical (unpaired) electrons. The van der Waals surface area contributed by atoms with Crippen molar-refractivity contribution in [1.82, 2.24) is 4.90 Å².